The Morgan fingerprint density at radius 1 is 0.880 bits per heavy atom. The van der Waals surface area contributed by atoms with E-state index in [1.54, 1.807) is 0 Å². The minimum atomic E-state index is -3.63. The van der Waals surface area contributed by atoms with Crippen LogP contribution in [0, 0.1) is 6.92 Å². The molecule has 0 heterocycles. The quantitative estimate of drug-likeness (QED) is 0.639. The lowest BCUT2D eigenvalue weighted by atomic mass is 9.98. The van der Waals surface area contributed by atoms with Crippen molar-refractivity contribution in [2.45, 2.75) is 89.2 Å². The van der Waals surface area contributed by atoms with Crippen molar-refractivity contribution in [2.24, 2.45) is 0 Å². The van der Waals surface area contributed by atoms with E-state index in [-0.39, 0.29) is 12.2 Å². The second-order valence-corrected chi connectivity index (χ2v) is 9.55. The molecular formula is C20H31O4P. The molecule has 2 fully saturated rings. The molecule has 0 aromatic heterocycles. The maximum Gasteiger partial charge on any atom is 0.363 e. The highest BCUT2D eigenvalue weighted by atomic mass is 31.2. The summed E-state index contributed by atoms with van der Waals surface area (Å²) >= 11 is 0. The lowest BCUT2D eigenvalue weighted by Crippen LogP contribution is -2.22. The monoisotopic (exact) mass is 366 g/mol. The van der Waals surface area contributed by atoms with Crippen LogP contribution in [0.3, 0.4) is 0 Å². The zero-order valence-corrected chi connectivity index (χ0v) is 16.1. The van der Waals surface area contributed by atoms with Gasteiger partial charge in [0.15, 0.2) is 5.85 Å². The lowest BCUT2D eigenvalue weighted by molar-refractivity contribution is 0.0545. The van der Waals surface area contributed by atoms with E-state index >= 15 is 0 Å². The number of hydrogen-bond donors (Lipinski definition) is 1. The zero-order valence-electron chi connectivity index (χ0n) is 15.2. The predicted molar refractivity (Wildman–Crippen MR) is 99.7 cm³/mol. The Labute approximate surface area is 151 Å². The Bertz CT molecular complexity index is 550. The standard InChI is InChI=1S/C20H31O4P/c1-16-12-14-17(15-13-16)20(21)25(22,23-18-8-4-2-5-9-18)24-19-10-6-3-7-11-19/h12-15,18-21H,2-11H2,1H3/t20-/m0/s1. The van der Waals surface area contributed by atoms with E-state index in [0.717, 1.165) is 56.9 Å². The van der Waals surface area contributed by atoms with Crippen LogP contribution in [-0.2, 0) is 13.6 Å². The van der Waals surface area contributed by atoms with Gasteiger partial charge >= 0.3 is 7.60 Å². The molecule has 4 nitrogen and oxygen atoms in total. The van der Waals surface area contributed by atoms with Crippen molar-refractivity contribution in [2.75, 3.05) is 0 Å². The summed E-state index contributed by atoms with van der Waals surface area (Å²) in [5.41, 5.74) is 1.72. The molecule has 1 aromatic carbocycles. The molecule has 25 heavy (non-hydrogen) atoms. The number of rotatable bonds is 6. The van der Waals surface area contributed by atoms with Crippen molar-refractivity contribution in [3.63, 3.8) is 0 Å². The number of aryl methyl sites for hydroxylation is 1. The van der Waals surface area contributed by atoms with Gasteiger partial charge in [0.25, 0.3) is 0 Å². The van der Waals surface area contributed by atoms with Crippen LogP contribution >= 0.6 is 7.60 Å². The summed E-state index contributed by atoms with van der Waals surface area (Å²) in [7, 11) is -3.63. The lowest BCUT2D eigenvalue weighted by Gasteiger charge is -2.33. The van der Waals surface area contributed by atoms with Gasteiger partial charge < -0.3 is 14.2 Å². The van der Waals surface area contributed by atoms with Gasteiger partial charge in [-0.2, -0.15) is 0 Å². The van der Waals surface area contributed by atoms with Crippen LogP contribution in [0.5, 0.6) is 0 Å². The molecule has 0 radical (unpaired) electrons. The highest BCUT2D eigenvalue weighted by Gasteiger charge is 2.41. The van der Waals surface area contributed by atoms with Gasteiger partial charge in [0, 0.05) is 0 Å². The fraction of sp³-hybridized carbons (Fsp3) is 0.700. The highest BCUT2D eigenvalue weighted by Crippen LogP contribution is 2.62. The number of aliphatic hydroxyl groups excluding tert-OH is 1. The third-order valence-electron chi connectivity index (χ3n) is 5.37. The van der Waals surface area contributed by atoms with Gasteiger partial charge in [0.2, 0.25) is 0 Å². The molecule has 0 saturated heterocycles. The molecule has 2 aliphatic rings. The van der Waals surface area contributed by atoms with Crippen LogP contribution < -0.4 is 0 Å². The Kier molecular flexibility index (Phi) is 6.73. The van der Waals surface area contributed by atoms with E-state index in [1.165, 1.54) is 12.8 Å². The second-order valence-electron chi connectivity index (χ2n) is 7.56. The first-order chi connectivity index (χ1) is 12.1. The molecule has 0 aliphatic heterocycles. The van der Waals surface area contributed by atoms with Gasteiger partial charge in [-0.1, -0.05) is 68.4 Å². The van der Waals surface area contributed by atoms with E-state index in [4.69, 9.17) is 9.05 Å². The largest absolute Gasteiger partial charge is 0.376 e. The minimum absolute atomic E-state index is 0.0664. The SMILES string of the molecule is Cc1ccc([C@@H](O)P(=O)(OC2CCCCC2)OC2CCCCC2)cc1. The fourth-order valence-electron chi connectivity index (χ4n) is 3.82. The van der Waals surface area contributed by atoms with Crippen LogP contribution in [0.15, 0.2) is 24.3 Å². The van der Waals surface area contributed by atoms with Gasteiger partial charge in [0.05, 0.1) is 12.2 Å². The predicted octanol–water partition coefficient (Wildman–Crippen LogP) is 5.88. The average Bonchev–Trinajstić information content (AvgIpc) is 2.63. The Hall–Kier alpha value is -0.670. The summed E-state index contributed by atoms with van der Waals surface area (Å²) in [4.78, 5) is 0. The average molecular weight is 366 g/mol. The first-order valence-electron chi connectivity index (χ1n) is 9.78. The first kappa shape index (κ1) is 19.1. The number of hydrogen-bond acceptors (Lipinski definition) is 4. The fourth-order valence-corrected chi connectivity index (χ4v) is 5.89. The molecule has 1 aromatic rings. The van der Waals surface area contributed by atoms with Crippen LogP contribution in [0.1, 0.15) is 81.2 Å². The van der Waals surface area contributed by atoms with Gasteiger partial charge in [-0.25, -0.2) is 0 Å². The van der Waals surface area contributed by atoms with Crippen molar-refractivity contribution in [1.29, 1.82) is 0 Å². The maximum absolute atomic E-state index is 13.6. The van der Waals surface area contributed by atoms with Crippen molar-refractivity contribution in [1.82, 2.24) is 0 Å². The van der Waals surface area contributed by atoms with E-state index in [0.29, 0.717) is 5.56 Å². The molecule has 0 bridgehead atoms. The summed E-state index contributed by atoms with van der Waals surface area (Å²) in [6.45, 7) is 1.99. The Balaban J connectivity index is 1.78. The van der Waals surface area contributed by atoms with Gasteiger partial charge in [-0.3, -0.25) is 4.57 Å². The molecule has 1 atom stereocenters. The maximum atomic E-state index is 13.6. The van der Waals surface area contributed by atoms with Crippen molar-refractivity contribution < 1.29 is 18.7 Å². The van der Waals surface area contributed by atoms with E-state index < -0.39 is 13.4 Å². The molecule has 0 spiro atoms. The normalized spacial score (nSPS) is 22.0. The van der Waals surface area contributed by atoms with E-state index in [2.05, 4.69) is 0 Å². The van der Waals surface area contributed by atoms with Crippen LogP contribution in [0.2, 0.25) is 0 Å². The number of aliphatic hydroxyl groups is 1. The van der Waals surface area contributed by atoms with Gasteiger partial charge in [-0.05, 0) is 38.2 Å². The van der Waals surface area contributed by atoms with Crippen LogP contribution in [0.4, 0.5) is 0 Å². The minimum Gasteiger partial charge on any atom is -0.376 e. The van der Waals surface area contributed by atoms with E-state index in [9.17, 15) is 9.67 Å². The van der Waals surface area contributed by atoms with Crippen LogP contribution in [0.25, 0.3) is 0 Å². The summed E-state index contributed by atoms with van der Waals surface area (Å²) in [5, 5.41) is 10.9. The molecule has 2 aliphatic carbocycles. The summed E-state index contributed by atoms with van der Waals surface area (Å²) in [6, 6.07) is 7.48. The van der Waals surface area contributed by atoms with Gasteiger partial charge in [-0.15, -0.1) is 0 Å². The van der Waals surface area contributed by atoms with Crippen LogP contribution in [-0.4, -0.2) is 17.3 Å². The summed E-state index contributed by atoms with van der Waals surface area (Å²) in [6.07, 6.45) is 10.2. The Morgan fingerprint density at radius 3 is 1.76 bits per heavy atom. The molecule has 3 rings (SSSR count). The zero-order chi connectivity index (χ0) is 17.7. The van der Waals surface area contributed by atoms with Crippen molar-refractivity contribution >= 4 is 7.60 Å². The topological polar surface area (TPSA) is 55.8 Å². The highest BCUT2D eigenvalue weighted by molar-refractivity contribution is 7.54. The van der Waals surface area contributed by atoms with Gasteiger partial charge in [0.1, 0.15) is 0 Å². The van der Waals surface area contributed by atoms with E-state index in [1.807, 2.05) is 31.2 Å². The molecular weight excluding hydrogens is 335 g/mol. The number of benzene rings is 1. The molecule has 140 valence electrons. The molecule has 0 unspecified atom stereocenters. The van der Waals surface area contributed by atoms with Crippen molar-refractivity contribution in [3.8, 4) is 0 Å². The van der Waals surface area contributed by atoms with Crippen molar-refractivity contribution in [3.05, 3.63) is 35.4 Å². The Morgan fingerprint density at radius 2 is 1.32 bits per heavy atom. The molecule has 2 saturated carbocycles. The third-order valence-corrected chi connectivity index (χ3v) is 7.45. The second kappa shape index (κ2) is 8.81. The third kappa shape index (κ3) is 5.17. The molecule has 0 amide bonds. The summed E-state index contributed by atoms with van der Waals surface area (Å²) in [5.74, 6) is -1.21. The smallest absolute Gasteiger partial charge is 0.363 e. The first-order valence-corrected chi connectivity index (χ1v) is 11.4. The molecule has 1 N–H and O–H groups in total. The molecule has 5 heteroatoms. The summed E-state index contributed by atoms with van der Waals surface area (Å²) < 4.78 is 25.7.